The first-order valence-corrected chi connectivity index (χ1v) is 3.02. The normalized spacial score (nSPS) is 11.3. The van der Waals surface area contributed by atoms with Crippen LogP contribution in [0.25, 0.3) is 0 Å². The Morgan fingerprint density at radius 1 is 1.82 bits per heavy atom. The van der Waals surface area contributed by atoms with Gasteiger partial charge in [0.05, 0.1) is 12.4 Å². The molecule has 1 aromatic heterocycles. The van der Waals surface area contributed by atoms with Crippen molar-refractivity contribution in [3.05, 3.63) is 18.2 Å². The van der Waals surface area contributed by atoms with Crippen LogP contribution in [0, 0.1) is 12.3 Å². The lowest BCUT2D eigenvalue weighted by molar-refractivity contribution is 0.816. The molecule has 11 heavy (non-hydrogen) atoms. The van der Waals surface area contributed by atoms with Crippen LogP contribution in [0.4, 0.5) is 0 Å². The molecule has 0 saturated heterocycles. The molecule has 3 N–H and O–H groups in total. The number of aromatic nitrogens is 2. The van der Waals surface area contributed by atoms with Gasteiger partial charge in [0.25, 0.3) is 0 Å². The maximum Gasteiger partial charge on any atom is 0.0921 e. The molecule has 1 atom stereocenters. The molecule has 1 unspecified atom stereocenters. The second-order valence-electron chi connectivity index (χ2n) is 2.05. The zero-order valence-corrected chi connectivity index (χ0v) is 6.77. The van der Waals surface area contributed by atoms with E-state index in [0.717, 1.165) is 5.69 Å². The zero-order valence-electron chi connectivity index (χ0n) is 5.95. The number of hydrogen-bond acceptors (Lipinski definition) is 2. The molecule has 0 spiro atoms. The number of nitrogens with one attached hydrogen (secondary N) is 1. The Labute approximate surface area is 71.8 Å². The van der Waals surface area contributed by atoms with Gasteiger partial charge in [-0.3, -0.25) is 0 Å². The molecule has 1 rings (SSSR count). The van der Waals surface area contributed by atoms with E-state index in [4.69, 9.17) is 12.2 Å². The van der Waals surface area contributed by atoms with Crippen molar-refractivity contribution < 1.29 is 0 Å². The summed E-state index contributed by atoms with van der Waals surface area (Å²) in [5.41, 5.74) is 6.46. The highest BCUT2D eigenvalue weighted by molar-refractivity contribution is 5.85. The lowest BCUT2D eigenvalue weighted by atomic mass is 10.2. The average molecular weight is 172 g/mol. The maximum atomic E-state index is 5.48. The quantitative estimate of drug-likeness (QED) is 0.631. The number of imidazole rings is 1. The Bertz CT molecular complexity index is 224. The SMILES string of the molecule is C#CC(N)Cc1cnc[nH]1.Cl. The second kappa shape index (κ2) is 4.78. The number of aromatic amines is 1. The predicted molar refractivity (Wildman–Crippen MR) is 46.3 cm³/mol. The van der Waals surface area contributed by atoms with E-state index in [9.17, 15) is 0 Å². The van der Waals surface area contributed by atoms with Crippen LogP contribution in [0.5, 0.6) is 0 Å². The fourth-order valence-corrected chi connectivity index (χ4v) is 0.692. The minimum absolute atomic E-state index is 0. The van der Waals surface area contributed by atoms with E-state index >= 15 is 0 Å². The van der Waals surface area contributed by atoms with E-state index in [-0.39, 0.29) is 18.4 Å². The van der Waals surface area contributed by atoms with E-state index < -0.39 is 0 Å². The lowest BCUT2D eigenvalue weighted by Gasteiger charge is -1.98. The lowest BCUT2D eigenvalue weighted by Crippen LogP contribution is -2.20. The Hall–Kier alpha value is -0.980. The van der Waals surface area contributed by atoms with Crippen LogP contribution in [0.2, 0.25) is 0 Å². The molecule has 60 valence electrons. The van der Waals surface area contributed by atoms with Gasteiger partial charge in [-0.25, -0.2) is 4.98 Å². The highest BCUT2D eigenvalue weighted by Gasteiger charge is 1.99. The molecule has 0 fully saturated rings. The first-order chi connectivity index (χ1) is 4.83. The van der Waals surface area contributed by atoms with Crippen LogP contribution in [-0.4, -0.2) is 16.0 Å². The third kappa shape index (κ3) is 3.08. The van der Waals surface area contributed by atoms with Crippen molar-refractivity contribution in [2.24, 2.45) is 5.73 Å². The molecule has 0 aliphatic rings. The molecule has 1 heterocycles. The molecule has 0 radical (unpaired) electrons. The predicted octanol–water partition coefficient (Wildman–Crippen LogP) is 0.335. The minimum atomic E-state index is -0.208. The molecular formula is C7H10ClN3. The van der Waals surface area contributed by atoms with Gasteiger partial charge in [-0.15, -0.1) is 18.8 Å². The zero-order chi connectivity index (χ0) is 7.40. The molecule has 1 aromatic rings. The topological polar surface area (TPSA) is 54.7 Å². The summed E-state index contributed by atoms with van der Waals surface area (Å²) in [6.45, 7) is 0. The summed E-state index contributed by atoms with van der Waals surface area (Å²) in [5, 5.41) is 0. The summed E-state index contributed by atoms with van der Waals surface area (Å²) in [6, 6.07) is -0.208. The summed E-state index contributed by atoms with van der Waals surface area (Å²) < 4.78 is 0. The highest BCUT2D eigenvalue weighted by Crippen LogP contribution is 1.93. The van der Waals surface area contributed by atoms with Crippen molar-refractivity contribution in [1.82, 2.24) is 9.97 Å². The Morgan fingerprint density at radius 2 is 2.55 bits per heavy atom. The van der Waals surface area contributed by atoms with E-state index in [0.29, 0.717) is 6.42 Å². The fraction of sp³-hybridized carbons (Fsp3) is 0.286. The minimum Gasteiger partial charge on any atom is -0.348 e. The number of H-pyrrole nitrogens is 1. The molecule has 0 saturated carbocycles. The Kier molecular flexibility index (Phi) is 4.35. The smallest absolute Gasteiger partial charge is 0.0921 e. The molecule has 0 bridgehead atoms. The van der Waals surface area contributed by atoms with Gasteiger partial charge in [-0.1, -0.05) is 5.92 Å². The van der Waals surface area contributed by atoms with Gasteiger partial charge in [0, 0.05) is 18.3 Å². The third-order valence-corrected chi connectivity index (χ3v) is 1.21. The third-order valence-electron chi connectivity index (χ3n) is 1.21. The number of terminal acetylenes is 1. The van der Waals surface area contributed by atoms with Crippen LogP contribution in [0.3, 0.4) is 0 Å². The summed E-state index contributed by atoms with van der Waals surface area (Å²) >= 11 is 0. The van der Waals surface area contributed by atoms with E-state index in [1.165, 1.54) is 0 Å². The van der Waals surface area contributed by atoms with E-state index in [1.54, 1.807) is 12.5 Å². The Balaban J connectivity index is 0.000001000. The van der Waals surface area contributed by atoms with Crippen molar-refractivity contribution in [2.75, 3.05) is 0 Å². The van der Waals surface area contributed by atoms with Gasteiger partial charge in [0.2, 0.25) is 0 Å². The van der Waals surface area contributed by atoms with Gasteiger partial charge in [0.1, 0.15) is 0 Å². The molecule has 0 aliphatic heterocycles. The van der Waals surface area contributed by atoms with Crippen molar-refractivity contribution >= 4 is 12.4 Å². The van der Waals surface area contributed by atoms with Gasteiger partial charge in [0.15, 0.2) is 0 Å². The molecule has 0 aliphatic carbocycles. The molecule has 4 heteroatoms. The van der Waals surface area contributed by atoms with Crippen LogP contribution in [-0.2, 0) is 6.42 Å². The summed E-state index contributed by atoms with van der Waals surface area (Å²) in [6.07, 6.45) is 9.07. The molecule has 0 aromatic carbocycles. The largest absolute Gasteiger partial charge is 0.348 e. The van der Waals surface area contributed by atoms with Gasteiger partial charge in [-0.05, 0) is 0 Å². The second-order valence-corrected chi connectivity index (χ2v) is 2.05. The molecule has 0 amide bonds. The van der Waals surface area contributed by atoms with Gasteiger partial charge in [-0.2, -0.15) is 0 Å². The number of rotatable bonds is 2. The van der Waals surface area contributed by atoms with E-state index in [2.05, 4.69) is 15.9 Å². The van der Waals surface area contributed by atoms with E-state index in [1.807, 2.05) is 0 Å². The van der Waals surface area contributed by atoms with Gasteiger partial charge < -0.3 is 10.7 Å². The van der Waals surface area contributed by atoms with Gasteiger partial charge >= 0.3 is 0 Å². The molecular weight excluding hydrogens is 162 g/mol. The molecule has 3 nitrogen and oxygen atoms in total. The van der Waals surface area contributed by atoms with Crippen LogP contribution >= 0.6 is 12.4 Å². The monoisotopic (exact) mass is 171 g/mol. The van der Waals surface area contributed by atoms with Crippen molar-refractivity contribution in [3.63, 3.8) is 0 Å². The van der Waals surface area contributed by atoms with Crippen molar-refractivity contribution in [2.45, 2.75) is 12.5 Å². The van der Waals surface area contributed by atoms with Crippen molar-refractivity contribution in [3.8, 4) is 12.3 Å². The number of nitrogens with zero attached hydrogens (tertiary/aromatic N) is 1. The standard InChI is InChI=1S/C7H9N3.ClH/c1-2-6(8)3-7-4-9-5-10-7;/h1,4-6H,3,8H2,(H,9,10);1H. The van der Waals surface area contributed by atoms with Crippen LogP contribution < -0.4 is 5.73 Å². The first kappa shape index (κ1) is 10.0. The van der Waals surface area contributed by atoms with Crippen LogP contribution in [0.15, 0.2) is 12.5 Å². The number of nitrogens with two attached hydrogens (primary N) is 1. The summed E-state index contributed by atoms with van der Waals surface area (Å²) in [5.74, 6) is 2.43. The summed E-state index contributed by atoms with van der Waals surface area (Å²) in [4.78, 5) is 6.75. The fourth-order valence-electron chi connectivity index (χ4n) is 0.692. The summed E-state index contributed by atoms with van der Waals surface area (Å²) in [7, 11) is 0. The highest BCUT2D eigenvalue weighted by atomic mass is 35.5. The van der Waals surface area contributed by atoms with Crippen LogP contribution in [0.1, 0.15) is 5.69 Å². The average Bonchev–Trinajstić information content (AvgIpc) is 2.40. The van der Waals surface area contributed by atoms with Crippen molar-refractivity contribution in [1.29, 1.82) is 0 Å². The Morgan fingerprint density at radius 3 is 3.00 bits per heavy atom. The first-order valence-electron chi connectivity index (χ1n) is 3.02. The number of hydrogen-bond donors (Lipinski definition) is 2. The maximum absolute atomic E-state index is 5.48. The number of halogens is 1.